The molecule has 1 aromatic heterocycles. The van der Waals surface area contributed by atoms with Gasteiger partial charge in [-0.05, 0) is 5.56 Å². The number of hydrogen-bond acceptors (Lipinski definition) is 5. The lowest BCUT2D eigenvalue weighted by Crippen LogP contribution is -2.33. The Hall–Kier alpha value is -1.76. The van der Waals surface area contributed by atoms with Crippen LogP contribution in [-0.4, -0.2) is 44.2 Å². The Morgan fingerprint density at radius 3 is 2.82 bits per heavy atom. The zero-order valence-corrected chi connectivity index (χ0v) is 13.5. The second kappa shape index (κ2) is 9.30. The second-order valence-electron chi connectivity index (χ2n) is 4.79. The van der Waals surface area contributed by atoms with Gasteiger partial charge in [-0.25, -0.2) is 4.98 Å². The topological polar surface area (TPSA) is 63.2 Å². The minimum atomic E-state index is -0.121. The molecular weight excluding hydrogens is 298 g/mol. The number of methoxy groups -OCH3 is 1. The SMILES string of the molecule is COCCNCCNC(=O)c1csc(Cc2ccccc2)n1. The molecule has 0 atom stereocenters. The summed E-state index contributed by atoms with van der Waals surface area (Å²) in [6.07, 6.45) is 0.761. The molecule has 1 amide bonds. The van der Waals surface area contributed by atoms with E-state index in [9.17, 15) is 4.79 Å². The number of hydrogen-bond donors (Lipinski definition) is 2. The van der Waals surface area contributed by atoms with E-state index in [1.54, 1.807) is 7.11 Å². The maximum atomic E-state index is 12.0. The third kappa shape index (κ3) is 5.55. The Morgan fingerprint density at radius 1 is 1.23 bits per heavy atom. The molecule has 0 saturated heterocycles. The molecule has 2 N–H and O–H groups in total. The van der Waals surface area contributed by atoms with E-state index in [1.165, 1.54) is 16.9 Å². The van der Waals surface area contributed by atoms with Crippen molar-refractivity contribution in [2.45, 2.75) is 6.42 Å². The van der Waals surface area contributed by atoms with Gasteiger partial charge in [0, 0.05) is 38.5 Å². The van der Waals surface area contributed by atoms with Gasteiger partial charge in [0.05, 0.1) is 11.6 Å². The smallest absolute Gasteiger partial charge is 0.270 e. The summed E-state index contributed by atoms with van der Waals surface area (Å²) >= 11 is 1.52. The molecule has 0 aliphatic rings. The quantitative estimate of drug-likeness (QED) is 0.691. The molecule has 5 nitrogen and oxygen atoms in total. The van der Waals surface area contributed by atoms with Crippen LogP contribution < -0.4 is 10.6 Å². The van der Waals surface area contributed by atoms with Crippen LogP contribution in [0.1, 0.15) is 21.1 Å². The maximum absolute atomic E-state index is 12.0. The molecule has 0 bridgehead atoms. The number of nitrogens with one attached hydrogen (secondary N) is 2. The zero-order chi connectivity index (χ0) is 15.6. The number of amides is 1. The normalized spacial score (nSPS) is 10.6. The Kier molecular flexibility index (Phi) is 7.02. The van der Waals surface area contributed by atoms with Crippen LogP contribution in [0, 0.1) is 0 Å². The molecule has 0 saturated carbocycles. The first-order chi connectivity index (χ1) is 10.8. The summed E-state index contributed by atoms with van der Waals surface area (Å²) in [5, 5.41) is 8.79. The van der Waals surface area contributed by atoms with E-state index >= 15 is 0 Å². The summed E-state index contributed by atoms with van der Waals surface area (Å²) in [4.78, 5) is 16.4. The van der Waals surface area contributed by atoms with Crippen LogP contribution in [0.4, 0.5) is 0 Å². The van der Waals surface area contributed by atoms with Gasteiger partial charge in [-0.2, -0.15) is 0 Å². The molecule has 1 heterocycles. The summed E-state index contributed by atoms with van der Waals surface area (Å²) in [5.74, 6) is -0.121. The fourth-order valence-electron chi connectivity index (χ4n) is 1.92. The lowest BCUT2D eigenvalue weighted by Gasteiger charge is -2.05. The third-order valence-corrected chi connectivity index (χ3v) is 3.90. The summed E-state index contributed by atoms with van der Waals surface area (Å²) in [6, 6.07) is 10.1. The van der Waals surface area contributed by atoms with Crippen molar-refractivity contribution in [1.29, 1.82) is 0 Å². The van der Waals surface area contributed by atoms with Gasteiger partial charge in [-0.15, -0.1) is 11.3 Å². The van der Waals surface area contributed by atoms with Gasteiger partial charge < -0.3 is 15.4 Å². The highest BCUT2D eigenvalue weighted by Crippen LogP contribution is 2.14. The average Bonchev–Trinajstić information content (AvgIpc) is 3.00. The molecule has 0 fully saturated rings. The zero-order valence-electron chi connectivity index (χ0n) is 12.7. The van der Waals surface area contributed by atoms with E-state index in [2.05, 4.69) is 27.8 Å². The number of thiazole rings is 1. The van der Waals surface area contributed by atoms with Crippen molar-refractivity contribution in [2.75, 3.05) is 33.4 Å². The third-order valence-electron chi connectivity index (χ3n) is 3.05. The van der Waals surface area contributed by atoms with Crippen LogP contribution in [0.5, 0.6) is 0 Å². The number of carbonyl (C=O) groups excluding carboxylic acids is 1. The van der Waals surface area contributed by atoms with Crippen LogP contribution in [0.2, 0.25) is 0 Å². The van der Waals surface area contributed by atoms with Crippen LogP contribution in [0.3, 0.4) is 0 Å². The van der Waals surface area contributed by atoms with E-state index in [0.717, 1.165) is 24.5 Å². The van der Waals surface area contributed by atoms with Crippen LogP contribution in [0.25, 0.3) is 0 Å². The number of aromatic nitrogens is 1. The van der Waals surface area contributed by atoms with Gasteiger partial charge in [0.1, 0.15) is 5.69 Å². The fraction of sp³-hybridized carbons (Fsp3) is 0.375. The van der Waals surface area contributed by atoms with Gasteiger partial charge in [0.2, 0.25) is 0 Å². The van der Waals surface area contributed by atoms with E-state index in [1.807, 2.05) is 23.6 Å². The Balaban J connectivity index is 1.74. The second-order valence-corrected chi connectivity index (χ2v) is 5.73. The Bertz CT molecular complexity index is 572. The van der Waals surface area contributed by atoms with Gasteiger partial charge in [0.15, 0.2) is 0 Å². The van der Waals surface area contributed by atoms with E-state index in [4.69, 9.17) is 4.74 Å². The molecule has 2 aromatic rings. The highest BCUT2D eigenvalue weighted by atomic mass is 32.1. The largest absolute Gasteiger partial charge is 0.383 e. The molecule has 0 spiro atoms. The minimum Gasteiger partial charge on any atom is -0.383 e. The molecule has 22 heavy (non-hydrogen) atoms. The molecule has 0 unspecified atom stereocenters. The van der Waals surface area contributed by atoms with Gasteiger partial charge in [0.25, 0.3) is 5.91 Å². The lowest BCUT2D eigenvalue weighted by molar-refractivity contribution is 0.0949. The number of benzene rings is 1. The Morgan fingerprint density at radius 2 is 2.05 bits per heavy atom. The van der Waals surface area contributed by atoms with Crippen LogP contribution in [0.15, 0.2) is 35.7 Å². The molecule has 2 rings (SSSR count). The van der Waals surface area contributed by atoms with E-state index in [-0.39, 0.29) is 5.91 Å². The molecule has 1 aromatic carbocycles. The summed E-state index contributed by atoms with van der Waals surface area (Å²) in [6.45, 7) is 2.75. The van der Waals surface area contributed by atoms with Crippen molar-refractivity contribution in [3.05, 3.63) is 52.0 Å². The number of ether oxygens (including phenoxy) is 1. The van der Waals surface area contributed by atoms with Gasteiger partial charge >= 0.3 is 0 Å². The van der Waals surface area contributed by atoms with Gasteiger partial charge in [-0.1, -0.05) is 30.3 Å². The molecule has 0 aliphatic heterocycles. The van der Waals surface area contributed by atoms with E-state index in [0.29, 0.717) is 18.8 Å². The fourth-order valence-corrected chi connectivity index (χ4v) is 2.73. The standard InChI is InChI=1S/C16H21N3O2S/c1-21-10-9-17-7-8-18-16(20)14-12-22-15(19-14)11-13-5-3-2-4-6-13/h2-6,12,17H,7-11H2,1H3,(H,18,20). The monoisotopic (exact) mass is 319 g/mol. The van der Waals surface area contributed by atoms with Crippen molar-refractivity contribution in [1.82, 2.24) is 15.6 Å². The van der Waals surface area contributed by atoms with Gasteiger partial charge in [-0.3, -0.25) is 4.79 Å². The van der Waals surface area contributed by atoms with Crippen molar-refractivity contribution in [2.24, 2.45) is 0 Å². The maximum Gasteiger partial charge on any atom is 0.270 e. The van der Waals surface area contributed by atoms with Crippen molar-refractivity contribution in [3.8, 4) is 0 Å². The van der Waals surface area contributed by atoms with Crippen molar-refractivity contribution < 1.29 is 9.53 Å². The summed E-state index contributed by atoms with van der Waals surface area (Å²) < 4.78 is 4.93. The molecule has 118 valence electrons. The average molecular weight is 319 g/mol. The van der Waals surface area contributed by atoms with E-state index < -0.39 is 0 Å². The molecule has 6 heteroatoms. The predicted molar refractivity (Wildman–Crippen MR) is 88.4 cm³/mol. The number of carbonyl (C=O) groups is 1. The number of nitrogens with zero attached hydrogens (tertiary/aromatic N) is 1. The highest BCUT2D eigenvalue weighted by molar-refractivity contribution is 7.09. The Labute approximate surface area is 134 Å². The first-order valence-corrected chi connectivity index (χ1v) is 8.13. The van der Waals surface area contributed by atoms with Crippen LogP contribution in [-0.2, 0) is 11.2 Å². The molecule has 0 aliphatic carbocycles. The lowest BCUT2D eigenvalue weighted by atomic mass is 10.2. The first kappa shape index (κ1) is 16.6. The minimum absolute atomic E-state index is 0.121. The van der Waals surface area contributed by atoms with Crippen LogP contribution >= 0.6 is 11.3 Å². The first-order valence-electron chi connectivity index (χ1n) is 7.26. The predicted octanol–water partition coefficient (Wildman–Crippen LogP) is 1.70. The highest BCUT2D eigenvalue weighted by Gasteiger charge is 2.10. The van der Waals surface area contributed by atoms with Crippen molar-refractivity contribution >= 4 is 17.2 Å². The summed E-state index contributed by atoms with van der Waals surface area (Å²) in [5.41, 5.74) is 1.69. The molecule has 0 radical (unpaired) electrons. The molecular formula is C16H21N3O2S. The number of rotatable bonds is 9. The van der Waals surface area contributed by atoms with Crippen molar-refractivity contribution in [3.63, 3.8) is 0 Å². The summed E-state index contributed by atoms with van der Waals surface area (Å²) in [7, 11) is 1.67.